The van der Waals surface area contributed by atoms with Gasteiger partial charge in [0, 0.05) is 17.4 Å². The standard InChI is InChI=1S/C22H34N2O5S/c1-8-9-10-11-12-13-16-17-15(14-30-16)23(19(26)28-21(2,3)4)18(25)24(17)20(27)29-22(5,6)7/h1,15-17H,9-14H2,2-7H3/t15-,16-,17-/m0/s1. The molecule has 2 saturated heterocycles. The molecule has 0 aliphatic carbocycles. The van der Waals surface area contributed by atoms with E-state index >= 15 is 0 Å². The van der Waals surface area contributed by atoms with Crippen molar-refractivity contribution in [3.63, 3.8) is 0 Å². The van der Waals surface area contributed by atoms with Gasteiger partial charge >= 0.3 is 18.2 Å². The summed E-state index contributed by atoms with van der Waals surface area (Å²) in [4.78, 5) is 41.1. The van der Waals surface area contributed by atoms with Crippen LogP contribution in [0.5, 0.6) is 0 Å². The SMILES string of the molecule is C#CCCCCC[C@@H]1SC[C@H]2[C@@H]1N(C(=O)OC(C)(C)C)C(=O)N2C(=O)OC(C)(C)C. The maximum Gasteiger partial charge on any atom is 0.418 e. The highest BCUT2D eigenvalue weighted by molar-refractivity contribution is 8.00. The van der Waals surface area contributed by atoms with Crippen molar-refractivity contribution >= 4 is 30.0 Å². The molecule has 168 valence electrons. The number of fused-ring (bicyclic) bond motifs is 1. The number of urea groups is 1. The normalized spacial score (nSPS) is 23.9. The number of carbonyl (C=O) groups is 3. The Morgan fingerprint density at radius 3 is 2.13 bits per heavy atom. The lowest BCUT2D eigenvalue weighted by molar-refractivity contribution is 0.0283. The van der Waals surface area contributed by atoms with E-state index in [2.05, 4.69) is 5.92 Å². The third-order valence-corrected chi connectivity index (χ3v) is 6.26. The van der Waals surface area contributed by atoms with Gasteiger partial charge in [0.2, 0.25) is 0 Å². The lowest BCUT2D eigenvalue weighted by atomic mass is 10.0. The summed E-state index contributed by atoms with van der Waals surface area (Å²) in [6, 6.07) is -1.50. The van der Waals surface area contributed by atoms with E-state index < -0.39 is 41.5 Å². The Labute approximate surface area is 184 Å². The first-order valence-electron chi connectivity index (χ1n) is 10.5. The van der Waals surface area contributed by atoms with Crippen molar-refractivity contribution in [1.29, 1.82) is 0 Å². The second-order valence-electron chi connectivity index (χ2n) is 9.72. The number of terminal acetylenes is 1. The Balaban J connectivity index is 2.22. The minimum absolute atomic E-state index is 0.0461. The number of nitrogens with zero attached hydrogens (tertiary/aromatic N) is 2. The van der Waals surface area contributed by atoms with Crippen molar-refractivity contribution in [3.05, 3.63) is 0 Å². The van der Waals surface area contributed by atoms with Crippen LogP contribution in [0.3, 0.4) is 0 Å². The third-order valence-electron chi connectivity index (χ3n) is 4.79. The number of hydrogen-bond acceptors (Lipinski definition) is 6. The molecule has 2 aliphatic heterocycles. The van der Waals surface area contributed by atoms with E-state index in [1.165, 1.54) is 0 Å². The molecule has 0 spiro atoms. The van der Waals surface area contributed by atoms with Crippen molar-refractivity contribution in [3.8, 4) is 12.3 Å². The summed E-state index contributed by atoms with van der Waals surface area (Å²) in [7, 11) is 0. The van der Waals surface area contributed by atoms with Gasteiger partial charge in [0.05, 0.1) is 12.1 Å². The molecule has 0 saturated carbocycles. The average molecular weight is 439 g/mol. The monoisotopic (exact) mass is 438 g/mol. The average Bonchev–Trinajstić information content (AvgIpc) is 3.08. The predicted molar refractivity (Wildman–Crippen MR) is 117 cm³/mol. The largest absolute Gasteiger partial charge is 0.443 e. The zero-order chi connectivity index (χ0) is 22.7. The summed E-state index contributed by atoms with van der Waals surface area (Å²) in [6.07, 6.45) is 8.37. The topological polar surface area (TPSA) is 76.2 Å². The Bertz CT molecular complexity index is 704. The summed E-state index contributed by atoms with van der Waals surface area (Å²) in [5.74, 6) is 3.22. The van der Waals surface area contributed by atoms with E-state index in [0.717, 1.165) is 41.9 Å². The summed E-state index contributed by atoms with van der Waals surface area (Å²) in [5.41, 5.74) is -1.49. The molecule has 30 heavy (non-hydrogen) atoms. The van der Waals surface area contributed by atoms with Crippen molar-refractivity contribution in [2.45, 2.75) is 102 Å². The van der Waals surface area contributed by atoms with E-state index in [-0.39, 0.29) is 5.25 Å². The Hall–Kier alpha value is -1.88. The fraction of sp³-hybridized carbons (Fsp3) is 0.773. The summed E-state index contributed by atoms with van der Waals surface area (Å²) in [5, 5.41) is 0.0461. The second kappa shape index (κ2) is 9.51. The van der Waals surface area contributed by atoms with Crippen LogP contribution in [0.2, 0.25) is 0 Å². The van der Waals surface area contributed by atoms with E-state index in [9.17, 15) is 14.4 Å². The molecule has 0 radical (unpaired) electrons. The molecule has 8 heteroatoms. The van der Waals surface area contributed by atoms with Crippen LogP contribution in [-0.4, -0.2) is 62.3 Å². The van der Waals surface area contributed by atoms with Gasteiger partial charge in [-0.1, -0.05) is 12.8 Å². The number of amides is 4. The van der Waals surface area contributed by atoms with Crippen LogP contribution < -0.4 is 0 Å². The minimum atomic E-state index is -0.747. The van der Waals surface area contributed by atoms with E-state index in [4.69, 9.17) is 15.9 Å². The molecule has 2 heterocycles. The van der Waals surface area contributed by atoms with Gasteiger partial charge < -0.3 is 9.47 Å². The molecule has 2 fully saturated rings. The number of unbranched alkanes of at least 4 members (excludes halogenated alkanes) is 3. The van der Waals surface area contributed by atoms with Crippen LogP contribution in [0.25, 0.3) is 0 Å². The molecule has 3 atom stereocenters. The van der Waals surface area contributed by atoms with Gasteiger partial charge in [-0.05, 0) is 54.4 Å². The van der Waals surface area contributed by atoms with Crippen LogP contribution >= 0.6 is 11.8 Å². The van der Waals surface area contributed by atoms with Crippen LogP contribution in [0.15, 0.2) is 0 Å². The molecule has 0 aromatic carbocycles. The van der Waals surface area contributed by atoms with Crippen molar-refractivity contribution in [2.75, 3.05) is 5.75 Å². The fourth-order valence-corrected chi connectivity index (χ4v) is 5.28. The van der Waals surface area contributed by atoms with Crippen LogP contribution in [-0.2, 0) is 9.47 Å². The van der Waals surface area contributed by atoms with Crippen LogP contribution in [0.4, 0.5) is 14.4 Å². The van der Waals surface area contributed by atoms with Gasteiger partial charge in [-0.25, -0.2) is 24.2 Å². The Kier molecular flexibility index (Phi) is 7.73. The number of carbonyl (C=O) groups excluding carboxylic acids is 3. The molecule has 0 aromatic heterocycles. The van der Waals surface area contributed by atoms with E-state index in [1.54, 1.807) is 53.3 Å². The number of thioether (sulfide) groups is 1. The van der Waals surface area contributed by atoms with Gasteiger partial charge in [0.1, 0.15) is 11.2 Å². The summed E-state index contributed by atoms with van der Waals surface area (Å²) < 4.78 is 10.9. The summed E-state index contributed by atoms with van der Waals surface area (Å²) in [6.45, 7) is 10.5. The van der Waals surface area contributed by atoms with E-state index in [1.807, 2.05) is 0 Å². The zero-order valence-electron chi connectivity index (χ0n) is 18.9. The molecular weight excluding hydrogens is 404 g/mol. The van der Waals surface area contributed by atoms with E-state index in [0.29, 0.717) is 5.75 Å². The molecule has 0 aromatic rings. The minimum Gasteiger partial charge on any atom is -0.443 e. The van der Waals surface area contributed by atoms with Crippen molar-refractivity contribution in [2.24, 2.45) is 0 Å². The first kappa shape index (κ1) is 24.4. The molecular formula is C22H34N2O5S. The molecule has 0 unspecified atom stereocenters. The Morgan fingerprint density at radius 1 is 1.03 bits per heavy atom. The van der Waals surface area contributed by atoms with Gasteiger partial charge in [0.25, 0.3) is 0 Å². The fourth-order valence-electron chi connectivity index (χ4n) is 3.66. The molecule has 4 amide bonds. The molecule has 7 nitrogen and oxygen atoms in total. The van der Waals surface area contributed by atoms with Gasteiger partial charge in [0.15, 0.2) is 0 Å². The molecule has 2 rings (SSSR count). The number of ether oxygens (including phenoxy) is 2. The molecule has 2 aliphatic rings. The first-order valence-corrected chi connectivity index (χ1v) is 11.5. The zero-order valence-corrected chi connectivity index (χ0v) is 19.7. The highest BCUT2D eigenvalue weighted by atomic mass is 32.2. The smallest absolute Gasteiger partial charge is 0.418 e. The number of rotatable bonds is 5. The summed E-state index contributed by atoms with van der Waals surface area (Å²) >= 11 is 1.69. The van der Waals surface area contributed by atoms with Gasteiger partial charge in [-0.15, -0.1) is 12.3 Å². The number of imide groups is 2. The molecule has 0 N–H and O–H groups in total. The van der Waals surface area contributed by atoms with Crippen molar-refractivity contribution < 1.29 is 23.9 Å². The van der Waals surface area contributed by atoms with Gasteiger partial charge in [-0.2, -0.15) is 11.8 Å². The maximum absolute atomic E-state index is 13.2. The maximum atomic E-state index is 13.2. The Morgan fingerprint density at radius 2 is 1.60 bits per heavy atom. The highest BCUT2D eigenvalue weighted by Crippen LogP contribution is 2.42. The predicted octanol–water partition coefficient (Wildman–Crippen LogP) is 5.03. The van der Waals surface area contributed by atoms with Crippen molar-refractivity contribution in [1.82, 2.24) is 9.80 Å². The lowest BCUT2D eigenvalue weighted by Crippen LogP contribution is -2.47. The van der Waals surface area contributed by atoms with Crippen LogP contribution in [0.1, 0.15) is 73.6 Å². The highest BCUT2D eigenvalue weighted by Gasteiger charge is 2.59. The second-order valence-corrected chi connectivity index (χ2v) is 11.0. The lowest BCUT2D eigenvalue weighted by Gasteiger charge is -2.28. The van der Waals surface area contributed by atoms with Crippen LogP contribution in [0, 0.1) is 12.3 Å². The number of hydrogen-bond donors (Lipinski definition) is 0. The quantitative estimate of drug-likeness (QED) is 0.340. The molecule has 0 bridgehead atoms. The third kappa shape index (κ3) is 6.07. The van der Waals surface area contributed by atoms with Gasteiger partial charge in [-0.3, -0.25) is 0 Å². The first-order chi connectivity index (χ1) is 13.9.